The number of rotatable bonds is 5. The molecule has 2 unspecified atom stereocenters. The van der Waals surface area contributed by atoms with Gasteiger partial charge in [-0.3, -0.25) is 0 Å². The van der Waals surface area contributed by atoms with Crippen LogP contribution in [0.3, 0.4) is 0 Å². The Balaban J connectivity index is 1.97. The van der Waals surface area contributed by atoms with Gasteiger partial charge in [0, 0.05) is 24.9 Å². The maximum atomic E-state index is 5.81. The first-order valence-electron chi connectivity index (χ1n) is 7.13. The zero-order valence-corrected chi connectivity index (χ0v) is 11.6. The second kappa shape index (κ2) is 6.34. The van der Waals surface area contributed by atoms with Gasteiger partial charge in [-0.15, -0.1) is 0 Å². The summed E-state index contributed by atoms with van der Waals surface area (Å²) < 4.78 is 5.81. The molecule has 0 radical (unpaired) electrons. The second-order valence-corrected chi connectivity index (χ2v) is 5.28. The zero-order chi connectivity index (χ0) is 13.0. The number of likely N-dealkylation sites (N-methyl/N-ethyl adjacent to an activating group) is 1. The van der Waals surface area contributed by atoms with E-state index in [1.165, 1.54) is 25.8 Å². The Morgan fingerprint density at radius 1 is 1.56 bits per heavy atom. The summed E-state index contributed by atoms with van der Waals surface area (Å²) in [5.74, 6) is 2.06. The topological polar surface area (TPSA) is 55.3 Å². The normalized spacial score (nSPS) is 23.2. The molecule has 1 aromatic heterocycles. The lowest BCUT2D eigenvalue weighted by atomic mass is 9.99. The lowest BCUT2D eigenvalue weighted by Gasteiger charge is -2.34. The molecule has 4 heteroatoms. The molecule has 1 aliphatic rings. The predicted molar refractivity (Wildman–Crippen MR) is 72.6 cm³/mol. The summed E-state index contributed by atoms with van der Waals surface area (Å²) in [6, 6.07) is 0.600. The third kappa shape index (κ3) is 3.12. The Kier molecular flexibility index (Phi) is 4.78. The van der Waals surface area contributed by atoms with E-state index in [0.29, 0.717) is 12.6 Å². The lowest BCUT2D eigenvalue weighted by molar-refractivity contribution is 0.148. The second-order valence-electron chi connectivity index (χ2n) is 5.28. The van der Waals surface area contributed by atoms with Crippen LogP contribution in [0.2, 0.25) is 0 Å². The predicted octanol–water partition coefficient (Wildman–Crippen LogP) is 2.15. The van der Waals surface area contributed by atoms with Crippen LogP contribution < -0.4 is 5.73 Å². The van der Waals surface area contributed by atoms with Crippen LogP contribution in [0.15, 0.2) is 10.6 Å². The molecular formula is C14H25N3O. The molecular weight excluding hydrogens is 226 g/mol. The van der Waals surface area contributed by atoms with Crippen molar-refractivity contribution in [2.75, 3.05) is 19.6 Å². The lowest BCUT2D eigenvalue weighted by Crippen LogP contribution is -2.40. The van der Waals surface area contributed by atoms with Crippen LogP contribution in [-0.4, -0.2) is 35.6 Å². The zero-order valence-electron chi connectivity index (χ0n) is 11.6. The molecule has 2 atom stereocenters. The van der Waals surface area contributed by atoms with Crippen LogP contribution in [0.5, 0.6) is 0 Å². The minimum absolute atomic E-state index is 0.264. The maximum absolute atomic E-state index is 5.81. The van der Waals surface area contributed by atoms with E-state index in [-0.39, 0.29) is 5.92 Å². The van der Waals surface area contributed by atoms with E-state index >= 15 is 0 Å². The maximum Gasteiger partial charge on any atom is 0.195 e. The number of aromatic nitrogens is 1. The van der Waals surface area contributed by atoms with Crippen molar-refractivity contribution < 1.29 is 4.42 Å². The Morgan fingerprint density at radius 3 is 3.11 bits per heavy atom. The highest BCUT2D eigenvalue weighted by atomic mass is 16.4. The molecule has 2 heterocycles. The number of nitrogens with zero attached hydrogens (tertiary/aromatic N) is 2. The molecule has 18 heavy (non-hydrogen) atoms. The van der Waals surface area contributed by atoms with Crippen molar-refractivity contribution >= 4 is 0 Å². The number of likely N-dealkylation sites (tertiary alicyclic amines) is 1. The summed E-state index contributed by atoms with van der Waals surface area (Å²) in [6.07, 6.45) is 6.69. The van der Waals surface area contributed by atoms with E-state index in [4.69, 9.17) is 10.2 Å². The van der Waals surface area contributed by atoms with E-state index < -0.39 is 0 Å². The first-order chi connectivity index (χ1) is 8.74. The number of piperidine rings is 1. The van der Waals surface area contributed by atoms with Crippen LogP contribution in [0.1, 0.15) is 50.7 Å². The monoisotopic (exact) mass is 251 g/mol. The van der Waals surface area contributed by atoms with E-state index in [1.807, 2.05) is 6.20 Å². The quantitative estimate of drug-likeness (QED) is 0.871. The summed E-state index contributed by atoms with van der Waals surface area (Å²) in [4.78, 5) is 6.94. The van der Waals surface area contributed by atoms with Crippen LogP contribution in [0, 0.1) is 0 Å². The van der Waals surface area contributed by atoms with Gasteiger partial charge in [-0.25, -0.2) is 4.98 Å². The van der Waals surface area contributed by atoms with Crippen molar-refractivity contribution in [2.45, 2.75) is 51.5 Å². The van der Waals surface area contributed by atoms with Gasteiger partial charge < -0.3 is 15.1 Å². The molecule has 4 nitrogen and oxygen atoms in total. The smallest absolute Gasteiger partial charge is 0.195 e. The summed E-state index contributed by atoms with van der Waals surface area (Å²) >= 11 is 0. The number of hydrogen-bond acceptors (Lipinski definition) is 4. The Morgan fingerprint density at radius 2 is 2.39 bits per heavy atom. The molecule has 0 saturated carbocycles. The SMILES string of the molecule is CCN1CCCCC1Cc1ncc(C(C)CN)o1. The van der Waals surface area contributed by atoms with Crippen LogP contribution in [0.25, 0.3) is 0 Å². The van der Waals surface area contributed by atoms with Gasteiger partial charge in [-0.2, -0.15) is 0 Å². The van der Waals surface area contributed by atoms with Gasteiger partial charge in [-0.05, 0) is 25.9 Å². The average Bonchev–Trinajstić information content (AvgIpc) is 2.87. The summed E-state index contributed by atoms with van der Waals surface area (Å²) in [7, 11) is 0. The number of hydrogen-bond donors (Lipinski definition) is 1. The fourth-order valence-corrected chi connectivity index (χ4v) is 2.67. The summed E-state index contributed by atoms with van der Waals surface area (Å²) in [5.41, 5.74) is 5.65. The third-order valence-corrected chi connectivity index (χ3v) is 3.98. The van der Waals surface area contributed by atoms with E-state index in [1.54, 1.807) is 0 Å². The number of oxazole rings is 1. The standard InChI is InChI=1S/C14H25N3O/c1-3-17-7-5-4-6-12(17)8-14-16-10-13(18-14)11(2)9-15/h10-12H,3-9,15H2,1-2H3. The van der Waals surface area contributed by atoms with Crippen molar-refractivity contribution in [3.8, 4) is 0 Å². The first-order valence-corrected chi connectivity index (χ1v) is 7.13. The molecule has 0 amide bonds. The molecule has 2 rings (SSSR count). The first kappa shape index (κ1) is 13.6. The molecule has 2 N–H and O–H groups in total. The van der Waals surface area contributed by atoms with E-state index in [2.05, 4.69) is 23.7 Å². The minimum atomic E-state index is 0.264. The molecule has 1 aromatic rings. The van der Waals surface area contributed by atoms with Crippen molar-refractivity contribution in [1.29, 1.82) is 0 Å². The van der Waals surface area contributed by atoms with Gasteiger partial charge in [0.1, 0.15) is 5.76 Å². The molecule has 0 aromatic carbocycles. The van der Waals surface area contributed by atoms with Gasteiger partial charge in [0.15, 0.2) is 5.89 Å². The van der Waals surface area contributed by atoms with Gasteiger partial charge in [0.2, 0.25) is 0 Å². The van der Waals surface area contributed by atoms with Crippen LogP contribution in [0.4, 0.5) is 0 Å². The molecule has 1 saturated heterocycles. The van der Waals surface area contributed by atoms with Gasteiger partial charge >= 0.3 is 0 Å². The van der Waals surface area contributed by atoms with Crippen molar-refractivity contribution in [1.82, 2.24) is 9.88 Å². The Hall–Kier alpha value is -0.870. The Labute approximate surface area is 110 Å². The van der Waals surface area contributed by atoms with E-state index in [0.717, 1.165) is 24.6 Å². The fraction of sp³-hybridized carbons (Fsp3) is 0.786. The van der Waals surface area contributed by atoms with Gasteiger partial charge in [0.05, 0.1) is 6.20 Å². The highest BCUT2D eigenvalue weighted by molar-refractivity contribution is 5.02. The van der Waals surface area contributed by atoms with Crippen LogP contribution in [-0.2, 0) is 6.42 Å². The minimum Gasteiger partial charge on any atom is -0.445 e. The van der Waals surface area contributed by atoms with Gasteiger partial charge in [0.25, 0.3) is 0 Å². The Bertz CT molecular complexity index is 364. The van der Waals surface area contributed by atoms with Crippen molar-refractivity contribution in [3.05, 3.63) is 17.8 Å². The largest absolute Gasteiger partial charge is 0.445 e. The van der Waals surface area contributed by atoms with Crippen LogP contribution >= 0.6 is 0 Å². The highest BCUT2D eigenvalue weighted by Crippen LogP contribution is 2.22. The van der Waals surface area contributed by atoms with E-state index in [9.17, 15) is 0 Å². The summed E-state index contributed by atoms with van der Waals surface area (Å²) in [6.45, 7) is 7.25. The van der Waals surface area contributed by atoms with Gasteiger partial charge in [-0.1, -0.05) is 20.3 Å². The molecule has 0 aliphatic carbocycles. The van der Waals surface area contributed by atoms with Crippen molar-refractivity contribution in [2.24, 2.45) is 5.73 Å². The highest BCUT2D eigenvalue weighted by Gasteiger charge is 2.23. The molecule has 1 aliphatic heterocycles. The van der Waals surface area contributed by atoms with Crippen molar-refractivity contribution in [3.63, 3.8) is 0 Å². The number of nitrogens with two attached hydrogens (primary N) is 1. The fourth-order valence-electron chi connectivity index (χ4n) is 2.67. The third-order valence-electron chi connectivity index (χ3n) is 3.98. The summed E-state index contributed by atoms with van der Waals surface area (Å²) in [5, 5.41) is 0. The average molecular weight is 251 g/mol. The molecule has 0 bridgehead atoms. The molecule has 102 valence electrons. The molecule has 1 fully saturated rings. The molecule has 0 spiro atoms.